The molecule has 0 radical (unpaired) electrons. The minimum absolute atomic E-state index is 0.0543. The Kier molecular flexibility index (Phi) is 3.95. The Hall–Kier alpha value is -0.940. The highest BCUT2D eigenvalue weighted by Crippen LogP contribution is 2.49. The minimum atomic E-state index is -0.525. The van der Waals surface area contributed by atoms with Gasteiger partial charge in [-0.1, -0.05) is 25.9 Å². The number of aromatic nitrogens is 2. The zero-order valence-corrected chi connectivity index (χ0v) is 13.4. The van der Waals surface area contributed by atoms with Crippen molar-refractivity contribution >= 4 is 0 Å². The van der Waals surface area contributed by atoms with Gasteiger partial charge in [0.2, 0.25) is 11.7 Å². The maximum Gasteiger partial charge on any atom is 0.230 e. The van der Waals surface area contributed by atoms with E-state index in [0.29, 0.717) is 17.6 Å². The highest BCUT2D eigenvalue weighted by molar-refractivity contribution is 5.08. The van der Waals surface area contributed by atoms with Crippen LogP contribution in [-0.2, 0) is 10.3 Å². The molecular formula is C15H27N3O2. The van der Waals surface area contributed by atoms with Crippen molar-refractivity contribution in [2.75, 3.05) is 7.11 Å². The molecule has 0 aromatic carbocycles. The topological polar surface area (TPSA) is 74.2 Å². The Balaban J connectivity index is 2.28. The van der Waals surface area contributed by atoms with Crippen molar-refractivity contribution in [3.05, 3.63) is 11.7 Å². The zero-order chi connectivity index (χ0) is 15.1. The average Bonchev–Trinajstić information content (AvgIpc) is 2.86. The van der Waals surface area contributed by atoms with Gasteiger partial charge in [0.25, 0.3) is 0 Å². The molecule has 5 heteroatoms. The monoisotopic (exact) mass is 281 g/mol. The van der Waals surface area contributed by atoms with E-state index >= 15 is 0 Å². The van der Waals surface area contributed by atoms with E-state index < -0.39 is 5.60 Å². The molecule has 0 aliphatic heterocycles. The predicted molar refractivity (Wildman–Crippen MR) is 77.2 cm³/mol. The van der Waals surface area contributed by atoms with Crippen LogP contribution in [0, 0.1) is 11.3 Å². The molecule has 0 spiro atoms. The highest BCUT2D eigenvalue weighted by Gasteiger charge is 2.45. The van der Waals surface area contributed by atoms with Gasteiger partial charge in [0.1, 0.15) is 5.60 Å². The van der Waals surface area contributed by atoms with Crippen molar-refractivity contribution in [1.29, 1.82) is 0 Å². The molecule has 2 N–H and O–H groups in total. The predicted octanol–water partition coefficient (Wildman–Crippen LogP) is 2.82. The van der Waals surface area contributed by atoms with Crippen LogP contribution >= 0.6 is 0 Å². The lowest BCUT2D eigenvalue weighted by atomic mass is 9.61. The first kappa shape index (κ1) is 15.4. The van der Waals surface area contributed by atoms with Crippen molar-refractivity contribution in [3.8, 4) is 0 Å². The van der Waals surface area contributed by atoms with Crippen molar-refractivity contribution < 1.29 is 9.26 Å². The Morgan fingerprint density at radius 3 is 2.60 bits per heavy atom. The fourth-order valence-electron chi connectivity index (χ4n) is 3.00. The van der Waals surface area contributed by atoms with Gasteiger partial charge >= 0.3 is 0 Å². The first-order valence-corrected chi connectivity index (χ1v) is 7.35. The smallest absolute Gasteiger partial charge is 0.230 e. The largest absolute Gasteiger partial charge is 0.371 e. The molecular weight excluding hydrogens is 254 g/mol. The minimum Gasteiger partial charge on any atom is -0.371 e. The Morgan fingerprint density at radius 1 is 1.35 bits per heavy atom. The summed E-state index contributed by atoms with van der Waals surface area (Å²) < 4.78 is 10.9. The SMILES string of the molecule is COC(C)(C)c1noc(C2CCC(N)C(C)C2(C)C)n1. The fourth-order valence-corrected chi connectivity index (χ4v) is 3.00. The summed E-state index contributed by atoms with van der Waals surface area (Å²) in [7, 11) is 1.65. The second kappa shape index (κ2) is 5.11. The van der Waals surface area contributed by atoms with Gasteiger partial charge < -0.3 is 15.0 Å². The summed E-state index contributed by atoms with van der Waals surface area (Å²) in [6.07, 6.45) is 1.99. The molecule has 1 saturated carbocycles. The first-order chi connectivity index (χ1) is 9.20. The second-order valence-corrected chi connectivity index (χ2v) is 7.07. The fraction of sp³-hybridized carbons (Fsp3) is 0.867. The van der Waals surface area contributed by atoms with Crippen LogP contribution < -0.4 is 5.73 Å². The zero-order valence-electron chi connectivity index (χ0n) is 13.4. The third-order valence-electron chi connectivity index (χ3n) is 5.29. The van der Waals surface area contributed by atoms with Gasteiger partial charge in [0.15, 0.2) is 0 Å². The molecule has 1 fully saturated rings. The molecule has 114 valence electrons. The van der Waals surface area contributed by atoms with E-state index in [1.54, 1.807) is 7.11 Å². The summed E-state index contributed by atoms with van der Waals surface area (Å²) in [4.78, 5) is 4.59. The van der Waals surface area contributed by atoms with Crippen LogP contribution in [0.3, 0.4) is 0 Å². The van der Waals surface area contributed by atoms with Crippen molar-refractivity contribution in [2.45, 2.75) is 65.0 Å². The quantitative estimate of drug-likeness (QED) is 0.922. The summed E-state index contributed by atoms with van der Waals surface area (Å²) in [5, 5.41) is 4.10. The molecule has 3 unspecified atom stereocenters. The number of nitrogens with zero attached hydrogens (tertiary/aromatic N) is 2. The van der Waals surface area contributed by atoms with E-state index in [0.717, 1.165) is 12.8 Å². The van der Waals surface area contributed by atoms with Gasteiger partial charge in [0.05, 0.1) is 0 Å². The van der Waals surface area contributed by atoms with Gasteiger partial charge in [-0.2, -0.15) is 4.98 Å². The molecule has 1 aliphatic carbocycles. The number of rotatable bonds is 3. The number of hydrogen-bond acceptors (Lipinski definition) is 5. The maximum absolute atomic E-state index is 6.20. The number of ether oxygens (including phenoxy) is 1. The van der Waals surface area contributed by atoms with Crippen LogP contribution in [-0.4, -0.2) is 23.3 Å². The van der Waals surface area contributed by atoms with Crippen LogP contribution in [0.4, 0.5) is 0 Å². The van der Waals surface area contributed by atoms with E-state index in [2.05, 4.69) is 30.9 Å². The molecule has 1 aromatic heterocycles. The Morgan fingerprint density at radius 2 is 2.00 bits per heavy atom. The normalized spacial score (nSPS) is 30.4. The second-order valence-electron chi connectivity index (χ2n) is 7.07. The Bertz CT molecular complexity index is 467. The van der Waals surface area contributed by atoms with Crippen LogP contribution in [0.5, 0.6) is 0 Å². The van der Waals surface area contributed by atoms with Gasteiger partial charge in [-0.25, -0.2) is 0 Å². The van der Waals surface area contributed by atoms with E-state index in [4.69, 9.17) is 15.0 Å². The third kappa shape index (κ3) is 2.49. The third-order valence-corrected chi connectivity index (χ3v) is 5.29. The first-order valence-electron chi connectivity index (χ1n) is 7.35. The van der Waals surface area contributed by atoms with Crippen molar-refractivity contribution in [3.63, 3.8) is 0 Å². The lowest BCUT2D eigenvalue weighted by molar-refractivity contribution is 0.00973. The van der Waals surface area contributed by atoms with Crippen molar-refractivity contribution in [2.24, 2.45) is 17.1 Å². The molecule has 0 saturated heterocycles. The van der Waals surface area contributed by atoms with Gasteiger partial charge in [0, 0.05) is 19.1 Å². The van der Waals surface area contributed by atoms with Gasteiger partial charge in [-0.3, -0.25) is 0 Å². The molecule has 2 rings (SSSR count). The van der Waals surface area contributed by atoms with Gasteiger partial charge in [-0.05, 0) is 38.0 Å². The molecule has 3 atom stereocenters. The molecule has 0 bridgehead atoms. The number of hydrogen-bond donors (Lipinski definition) is 1. The Labute approximate surface area is 121 Å². The van der Waals surface area contributed by atoms with Crippen LogP contribution in [0.2, 0.25) is 0 Å². The summed E-state index contributed by atoms with van der Waals surface area (Å²) >= 11 is 0. The molecule has 1 heterocycles. The maximum atomic E-state index is 6.20. The van der Waals surface area contributed by atoms with Crippen LogP contribution in [0.1, 0.15) is 65.1 Å². The van der Waals surface area contributed by atoms with Gasteiger partial charge in [-0.15, -0.1) is 0 Å². The molecule has 5 nitrogen and oxygen atoms in total. The van der Waals surface area contributed by atoms with E-state index in [-0.39, 0.29) is 17.4 Å². The molecule has 0 amide bonds. The summed E-state index contributed by atoms with van der Waals surface area (Å²) in [5.41, 5.74) is 5.73. The van der Waals surface area contributed by atoms with Crippen LogP contribution in [0.15, 0.2) is 4.52 Å². The molecule has 20 heavy (non-hydrogen) atoms. The lowest BCUT2D eigenvalue weighted by Crippen LogP contribution is -2.45. The summed E-state index contributed by atoms with van der Waals surface area (Å²) in [6, 6.07) is 0.249. The highest BCUT2D eigenvalue weighted by atomic mass is 16.5. The summed E-state index contributed by atoms with van der Waals surface area (Å²) in [6.45, 7) is 10.6. The van der Waals surface area contributed by atoms with Crippen LogP contribution in [0.25, 0.3) is 0 Å². The van der Waals surface area contributed by atoms with E-state index in [1.165, 1.54) is 0 Å². The van der Waals surface area contributed by atoms with E-state index in [1.807, 2.05) is 13.8 Å². The number of nitrogens with two attached hydrogens (primary N) is 1. The molecule has 1 aromatic rings. The lowest BCUT2D eigenvalue weighted by Gasteiger charge is -2.45. The molecule has 1 aliphatic rings. The number of methoxy groups -OCH3 is 1. The average molecular weight is 281 g/mol. The van der Waals surface area contributed by atoms with Crippen molar-refractivity contribution in [1.82, 2.24) is 10.1 Å². The van der Waals surface area contributed by atoms with E-state index in [9.17, 15) is 0 Å². The summed E-state index contributed by atoms with van der Waals surface area (Å²) in [5.74, 6) is 2.00. The standard InChI is InChI=1S/C15H27N3O2/c1-9-11(16)8-7-10(14(9,2)3)12-17-13(18-20-12)15(4,5)19-6/h9-11H,7-8,16H2,1-6H3.